The molecule has 0 saturated heterocycles. The second kappa shape index (κ2) is 8.63. The van der Waals surface area contributed by atoms with Gasteiger partial charge in [-0.1, -0.05) is 29.2 Å². The summed E-state index contributed by atoms with van der Waals surface area (Å²) in [5, 5.41) is 0. The summed E-state index contributed by atoms with van der Waals surface area (Å²) in [5.41, 5.74) is 0. The third-order valence-corrected chi connectivity index (χ3v) is 12.2. The quantitative estimate of drug-likeness (QED) is 0.607. The van der Waals surface area contributed by atoms with Gasteiger partial charge in [0.25, 0.3) is 0 Å². The van der Waals surface area contributed by atoms with Gasteiger partial charge in [0.15, 0.2) is 16.6 Å². The van der Waals surface area contributed by atoms with Crippen molar-refractivity contribution in [1.29, 1.82) is 0 Å². The summed E-state index contributed by atoms with van der Waals surface area (Å²) in [6, 6.07) is 1.17. The van der Waals surface area contributed by atoms with Gasteiger partial charge in [-0.2, -0.15) is 0 Å². The van der Waals surface area contributed by atoms with E-state index in [0.717, 1.165) is 0 Å². The van der Waals surface area contributed by atoms with Gasteiger partial charge in [-0.05, 0) is 51.9 Å². The summed E-state index contributed by atoms with van der Waals surface area (Å²) in [6.45, 7) is 17.8. The van der Waals surface area contributed by atoms with Crippen LogP contribution >= 0.6 is 0 Å². The van der Waals surface area contributed by atoms with E-state index in [2.05, 4.69) is 52.8 Å². The molecule has 0 heterocycles. The monoisotopic (exact) mass is 298 g/mol. The van der Waals surface area contributed by atoms with Crippen LogP contribution in [0.1, 0.15) is 29.2 Å². The smallest absolute Gasteiger partial charge is 0.311 e. The Balaban J connectivity index is -0.000000282. The first-order chi connectivity index (χ1) is 5.97. The highest BCUT2D eigenvalue weighted by Crippen LogP contribution is 2.22. The van der Waals surface area contributed by atoms with Gasteiger partial charge >= 0.3 is 8.56 Å². The van der Waals surface area contributed by atoms with Crippen molar-refractivity contribution in [3.63, 3.8) is 0 Å². The molecule has 5 heteroatoms. The molecule has 0 bridgehead atoms. The van der Waals surface area contributed by atoms with Gasteiger partial charge in [0.05, 0.1) is 0 Å². The maximum atomic E-state index is 6.24. The van der Waals surface area contributed by atoms with Crippen molar-refractivity contribution in [1.82, 2.24) is 0 Å². The highest BCUT2D eigenvalue weighted by atomic mass is 28.5. The lowest BCUT2D eigenvalue weighted by atomic mass is 11.0. The van der Waals surface area contributed by atoms with Crippen LogP contribution in [0, 0.1) is 0 Å². The van der Waals surface area contributed by atoms with Gasteiger partial charge in [-0.25, -0.2) is 0 Å². The molecule has 0 N–H and O–H groups in total. The Morgan fingerprint density at radius 2 is 1.06 bits per heavy atom. The van der Waals surface area contributed by atoms with Gasteiger partial charge in [-0.15, -0.1) is 0 Å². The van der Waals surface area contributed by atoms with Crippen molar-refractivity contribution < 1.29 is 8.23 Å². The average Bonchev–Trinajstić information content (AvgIpc) is 1.78. The molecule has 0 aliphatic carbocycles. The van der Waals surface area contributed by atoms with Gasteiger partial charge < -0.3 is 8.23 Å². The van der Waals surface area contributed by atoms with Crippen molar-refractivity contribution in [2.45, 2.75) is 81.1 Å². The minimum atomic E-state index is -1.87. The highest BCUT2D eigenvalue weighted by Gasteiger charge is 2.36. The van der Waals surface area contributed by atoms with E-state index in [1.807, 2.05) is 0 Å². The lowest BCUT2D eigenvalue weighted by Gasteiger charge is -2.37. The Kier molecular flexibility index (Phi) is 13.3. The minimum absolute atomic E-state index is 0. The molecule has 0 unspecified atom stereocenters. The molecule has 0 aromatic carbocycles. The van der Waals surface area contributed by atoms with E-state index < -0.39 is 25.2 Å². The summed E-state index contributed by atoms with van der Waals surface area (Å²) in [6.07, 6.45) is 0. The lowest BCUT2D eigenvalue weighted by Crippen LogP contribution is -2.51. The van der Waals surface area contributed by atoms with E-state index in [1.54, 1.807) is 0 Å². The number of hydrogen-bond donors (Lipinski definition) is 0. The van der Waals surface area contributed by atoms with E-state index >= 15 is 0 Å². The first-order valence-electron chi connectivity index (χ1n) is 5.38. The van der Waals surface area contributed by atoms with E-state index in [1.165, 1.54) is 6.04 Å². The van der Waals surface area contributed by atoms with E-state index in [9.17, 15) is 0 Å². The fourth-order valence-corrected chi connectivity index (χ4v) is 13.8. The molecule has 17 heavy (non-hydrogen) atoms. The molecule has 0 aromatic rings. The van der Waals surface area contributed by atoms with Crippen LogP contribution in [0.5, 0.6) is 0 Å². The molecule has 0 aliphatic rings. The SMILES string of the molecule is C.C.C.CC[Si](C)(C)O[Si](C)(C)O[Si](C)(C)C. The molecule has 0 fully saturated rings. The van der Waals surface area contributed by atoms with Crippen molar-refractivity contribution in [3.05, 3.63) is 0 Å². The molecule has 0 atom stereocenters. The van der Waals surface area contributed by atoms with Crippen LogP contribution in [-0.2, 0) is 8.23 Å². The maximum absolute atomic E-state index is 6.24. The molecule has 0 spiro atoms. The third-order valence-electron chi connectivity index (χ3n) is 1.93. The van der Waals surface area contributed by atoms with Crippen LogP contribution in [0.25, 0.3) is 0 Å². The maximum Gasteiger partial charge on any atom is 0.311 e. The Bertz CT molecular complexity index is 187. The largest absolute Gasteiger partial charge is 0.437 e. The molecule has 2 nitrogen and oxygen atoms in total. The predicted octanol–water partition coefficient (Wildman–Crippen LogP) is 5.69. The number of hydrogen-bond acceptors (Lipinski definition) is 2. The number of rotatable bonds is 5. The first-order valence-corrected chi connectivity index (χ1v) is 14.7. The molecule has 110 valence electrons. The van der Waals surface area contributed by atoms with Gasteiger partial charge in [0, 0.05) is 0 Å². The fraction of sp³-hybridized carbons (Fsp3) is 1.00. The summed E-state index contributed by atoms with van der Waals surface area (Å²) in [7, 11) is -4.77. The zero-order valence-electron chi connectivity index (χ0n) is 11.0. The molecule has 0 rings (SSSR count). The Labute approximate surface area is 115 Å². The molecule has 0 aromatic heterocycles. The normalized spacial score (nSPS) is 12.0. The predicted molar refractivity (Wildman–Crippen MR) is 91.2 cm³/mol. The topological polar surface area (TPSA) is 18.5 Å². The molecule has 0 aliphatic heterocycles. The van der Waals surface area contributed by atoms with Crippen LogP contribution in [0.4, 0.5) is 0 Å². The van der Waals surface area contributed by atoms with Crippen LogP contribution in [0.15, 0.2) is 0 Å². The Hall–Kier alpha value is 0.571. The molecule has 0 saturated carbocycles. The first kappa shape index (κ1) is 26.2. The van der Waals surface area contributed by atoms with E-state index in [0.29, 0.717) is 0 Å². The zero-order chi connectivity index (χ0) is 11.6. The van der Waals surface area contributed by atoms with Crippen molar-refractivity contribution in [2.75, 3.05) is 0 Å². The summed E-state index contributed by atoms with van der Waals surface area (Å²) in [5.74, 6) is 0. The van der Waals surface area contributed by atoms with Crippen molar-refractivity contribution in [3.8, 4) is 0 Å². The Morgan fingerprint density at radius 3 is 1.29 bits per heavy atom. The van der Waals surface area contributed by atoms with Crippen LogP contribution in [-0.4, -0.2) is 25.2 Å². The van der Waals surface area contributed by atoms with Gasteiger partial charge in [0.2, 0.25) is 0 Å². The van der Waals surface area contributed by atoms with Crippen molar-refractivity contribution in [2.24, 2.45) is 0 Å². The van der Waals surface area contributed by atoms with Crippen molar-refractivity contribution >= 4 is 25.2 Å². The Morgan fingerprint density at radius 1 is 0.706 bits per heavy atom. The van der Waals surface area contributed by atoms with Gasteiger partial charge in [-0.3, -0.25) is 0 Å². The molecule has 0 amide bonds. The standard InChI is InChI=1S/C9H26O2Si3.3CH4/c1-9-13(5,6)11-14(7,8)10-12(2,3)4;;;/h9H2,1-8H3;3*1H4. The molecule has 0 radical (unpaired) electrons. The van der Waals surface area contributed by atoms with Crippen LogP contribution < -0.4 is 0 Å². The van der Waals surface area contributed by atoms with E-state index in [-0.39, 0.29) is 22.3 Å². The minimum Gasteiger partial charge on any atom is -0.437 e. The summed E-state index contributed by atoms with van der Waals surface area (Å²) < 4.78 is 12.4. The summed E-state index contributed by atoms with van der Waals surface area (Å²) in [4.78, 5) is 0. The zero-order valence-corrected chi connectivity index (χ0v) is 14.0. The fourth-order valence-electron chi connectivity index (χ4n) is 1.50. The summed E-state index contributed by atoms with van der Waals surface area (Å²) >= 11 is 0. The highest BCUT2D eigenvalue weighted by molar-refractivity contribution is 6.87. The lowest BCUT2D eigenvalue weighted by molar-refractivity contribution is 0.392. The second-order valence-corrected chi connectivity index (χ2v) is 18.7. The van der Waals surface area contributed by atoms with Gasteiger partial charge in [0.1, 0.15) is 0 Å². The van der Waals surface area contributed by atoms with Crippen LogP contribution in [0.3, 0.4) is 0 Å². The molecular weight excluding hydrogens is 260 g/mol. The second-order valence-electron chi connectivity index (χ2n) is 5.83. The molecular formula is C12H38O2Si3. The average molecular weight is 299 g/mol. The van der Waals surface area contributed by atoms with E-state index in [4.69, 9.17) is 8.23 Å². The third kappa shape index (κ3) is 14.5. The van der Waals surface area contributed by atoms with Crippen LogP contribution in [0.2, 0.25) is 51.9 Å².